The van der Waals surface area contributed by atoms with Crippen molar-refractivity contribution < 1.29 is 13.2 Å². The summed E-state index contributed by atoms with van der Waals surface area (Å²) in [6.07, 6.45) is 0. The van der Waals surface area contributed by atoms with Crippen LogP contribution in [-0.2, 0) is 10.0 Å². The van der Waals surface area contributed by atoms with Gasteiger partial charge in [0, 0.05) is 31.9 Å². The van der Waals surface area contributed by atoms with Gasteiger partial charge in [0.15, 0.2) is 0 Å². The number of rotatable bonds is 6. The van der Waals surface area contributed by atoms with Gasteiger partial charge >= 0.3 is 0 Å². The molecule has 8 heteroatoms. The molecule has 0 amide bonds. The van der Waals surface area contributed by atoms with Crippen molar-refractivity contribution in [2.24, 2.45) is 0 Å². The molecule has 0 aliphatic carbocycles. The van der Waals surface area contributed by atoms with E-state index in [1.807, 2.05) is 7.05 Å². The molecule has 1 aliphatic heterocycles. The van der Waals surface area contributed by atoms with Crippen molar-refractivity contribution in [3.63, 3.8) is 0 Å². The van der Waals surface area contributed by atoms with Crippen LogP contribution in [-0.4, -0.2) is 63.9 Å². The number of nitrogens with zero attached hydrogens (tertiary/aromatic N) is 2. The van der Waals surface area contributed by atoms with Gasteiger partial charge in [-0.3, -0.25) is 0 Å². The number of nitrogens with one attached hydrogen (secondary N) is 1. The van der Waals surface area contributed by atoms with Gasteiger partial charge in [0.25, 0.3) is 0 Å². The van der Waals surface area contributed by atoms with Gasteiger partial charge in [0.05, 0.1) is 5.75 Å². The zero-order valence-corrected chi connectivity index (χ0v) is 13.0. The van der Waals surface area contributed by atoms with Crippen molar-refractivity contribution in [2.45, 2.75) is 0 Å². The predicted molar refractivity (Wildman–Crippen MR) is 82.3 cm³/mol. The molecule has 1 fully saturated rings. The summed E-state index contributed by atoms with van der Waals surface area (Å²) in [6.45, 7) is 3.19. The van der Waals surface area contributed by atoms with Crippen molar-refractivity contribution in [1.29, 1.82) is 0 Å². The number of hydrazine groups is 1. The minimum absolute atomic E-state index is 0.0796. The lowest BCUT2D eigenvalue weighted by Gasteiger charge is -2.32. The summed E-state index contributed by atoms with van der Waals surface area (Å²) in [5.41, 5.74) is 6.21. The number of anilines is 1. The van der Waals surface area contributed by atoms with Gasteiger partial charge in [0.2, 0.25) is 10.0 Å². The SMILES string of the molecule is CN1CCN(NS(=O)(=O)CCOc2ccc(N)cc2)CC1. The van der Waals surface area contributed by atoms with E-state index in [1.54, 1.807) is 29.3 Å². The highest BCUT2D eigenvalue weighted by atomic mass is 32.2. The Morgan fingerprint density at radius 3 is 2.43 bits per heavy atom. The third-order valence-corrected chi connectivity index (χ3v) is 4.51. The van der Waals surface area contributed by atoms with E-state index in [1.165, 1.54) is 0 Å². The summed E-state index contributed by atoms with van der Waals surface area (Å²) in [7, 11) is -1.35. The first kappa shape index (κ1) is 16.0. The molecule has 3 N–H and O–H groups in total. The van der Waals surface area contributed by atoms with E-state index in [9.17, 15) is 8.42 Å². The number of sulfonamides is 1. The second-order valence-corrected chi connectivity index (χ2v) is 6.94. The van der Waals surface area contributed by atoms with E-state index in [0.29, 0.717) is 24.5 Å². The fraction of sp³-hybridized carbons (Fsp3) is 0.538. The largest absolute Gasteiger partial charge is 0.492 e. The van der Waals surface area contributed by atoms with E-state index in [2.05, 4.69) is 9.73 Å². The van der Waals surface area contributed by atoms with Gasteiger partial charge in [-0.05, 0) is 31.3 Å². The molecule has 0 bridgehead atoms. The summed E-state index contributed by atoms with van der Waals surface area (Å²) >= 11 is 0. The maximum absolute atomic E-state index is 12.0. The number of benzene rings is 1. The molecule has 0 atom stereocenters. The van der Waals surface area contributed by atoms with Crippen LogP contribution in [0.15, 0.2) is 24.3 Å². The Morgan fingerprint density at radius 1 is 1.19 bits per heavy atom. The second kappa shape index (κ2) is 7.08. The van der Waals surface area contributed by atoms with E-state index >= 15 is 0 Å². The summed E-state index contributed by atoms with van der Waals surface area (Å²) in [6, 6.07) is 6.87. The summed E-state index contributed by atoms with van der Waals surface area (Å²) in [5, 5.41) is 1.73. The summed E-state index contributed by atoms with van der Waals surface area (Å²) < 4.78 is 29.3. The van der Waals surface area contributed by atoms with Crippen LogP contribution in [0, 0.1) is 0 Å². The first-order valence-corrected chi connectivity index (χ1v) is 8.52. The molecule has 1 aromatic carbocycles. The van der Waals surface area contributed by atoms with Gasteiger partial charge < -0.3 is 15.4 Å². The lowest BCUT2D eigenvalue weighted by molar-refractivity contribution is 0.134. The number of ether oxygens (including phenoxy) is 1. The lowest BCUT2D eigenvalue weighted by Crippen LogP contribution is -2.53. The summed E-state index contributed by atoms with van der Waals surface area (Å²) in [4.78, 5) is 4.75. The van der Waals surface area contributed by atoms with Crippen molar-refractivity contribution in [1.82, 2.24) is 14.7 Å². The smallest absolute Gasteiger partial charge is 0.227 e. The van der Waals surface area contributed by atoms with Crippen LogP contribution in [0.3, 0.4) is 0 Å². The van der Waals surface area contributed by atoms with Crippen LogP contribution in [0.4, 0.5) is 5.69 Å². The molecule has 118 valence electrons. The zero-order valence-electron chi connectivity index (χ0n) is 12.2. The van der Waals surface area contributed by atoms with E-state index in [-0.39, 0.29) is 12.4 Å². The molecular weight excluding hydrogens is 292 g/mol. The van der Waals surface area contributed by atoms with Crippen LogP contribution in [0.5, 0.6) is 5.75 Å². The third-order valence-electron chi connectivity index (χ3n) is 3.27. The monoisotopic (exact) mass is 314 g/mol. The number of likely N-dealkylation sites (N-methyl/N-ethyl adjacent to an activating group) is 1. The van der Waals surface area contributed by atoms with Crippen molar-refractivity contribution in [3.05, 3.63) is 24.3 Å². The molecular formula is C13H22N4O3S. The number of nitrogens with two attached hydrogens (primary N) is 1. The standard InChI is InChI=1S/C13H22N4O3S/c1-16-6-8-17(9-7-16)15-21(18,19)11-10-20-13-4-2-12(14)3-5-13/h2-5,15H,6-11,14H2,1H3. The fourth-order valence-corrected chi connectivity index (χ4v) is 2.94. The zero-order chi connectivity index (χ0) is 15.3. The van der Waals surface area contributed by atoms with E-state index in [4.69, 9.17) is 10.5 Å². The summed E-state index contributed by atoms with van der Waals surface area (Å²) in [5.74, 6) is 0.531. The van der Waals surface area contributed by atoms with Gasteiger partial charge in [-0.1, -0.05) is 0 Å². The minimum Gasteiger partial charge on any atom is -0.492 e. The number of hydrogen-bond acceptors (Lipinski definition) is 6. The number of hydrogen-bond donors (Lipinski definition) is 2. The fourth-order valence-electron chi connectivity index (χ4n) is 1.97. The first-order valence-electron chi connectivity index (χ1n) is 6.86. The van der Waals surface area contributed by atoms with E-state index in [0.717, 1.165) is 13.1 Å². The first-order chi connectivity index (χ1) is 9.94. The molecule has 0 spiro atoms. The number of piperazine rings is 1. The highest BCUT2D eigenvalue weighted by Crippen LogP contribution is 2.12. The van der Waals surface area contributed by atoms with Crippen molar-refractivity contribution in [3.8, 4) is 5.75 Å². The molecule has 0 unspecified atom stereocenters. The number of nitrogen functional groups attached to an aromatic ring is 1. The second-order valence-electron chi connectivity index (χ2n) is 5.12. The van der Waals surface area contributed by atoms with Gasteiger partial charge in [-0.2, -0.15) is 0 Å². The Labute approximate surface area is 125 Å². The Hall–Kier alpha value is -1.35. The molecule has 1 heterocycles. The molecule has 1 aromatic rings. The maximum Gasteiger partial charge on any atom is 0.227 e. The maximum atomic E-state index is 12.0. The third kappa shape index (κ3) is 5.50. The molecule has 0 radical (unpaired) electrons. The van der Waals surface area contributed by atoms with Crippen molar-refractivity contribution >= 4 is 15.7 Å². The Kier molecular flexibility index (Phi) is 5.40. The highest BCUT2D eigenvalue weighted by molar-refractivity contribution is 7.89. The van der Waals surface area contributed by atoms with Crippen molar-refractivity contribution in [2.75, 3.05) is 51.3 Å². The van der Waals surface area contributed by atoms with Crippen LogP contribution in [0.25, 0.3) is 0 Å². The molecule has 21 heavy (non-hydrogen) atoms. The molecule has 1 aliphatic rings. The normalized spacial score (nSPS) is 17.8. The molecule has 7 nitrogen and oxygen atoms in total. The van der Waals surface area contributed by atoms with Gasteiger partial charge in [-0.15, -0.1) is 4.83 Å². The quantitative estimate of drug-likeness (QED) is 0.703. The van der Waals surface area contributed by atoms with Crippen LogP contribution >= 0.6 is 0 Å². The topological polar surface area (TPSA) is 87.9 Å². The molecule has 2 rings (SSSR count). The highest BCUT2D eigenvalue weighted by Gasteiger charge is 2.19. The Bertz CT molecular complexity index is 539. The average molecular weight is 314 g/mol. The van der Waals surface area contributed by atoms with Crippen LogP contribution in [0.2, 0.25) is 0 Å². The Balaban J connectivity index is 1.74. The van der Waals surface area contributed by atoms with Gasteiger partial charge in [0.1, 0.15) is 12.4 Å². The van der Waals surface area contributed by atoms with E-state index < -0.39 is 10.0 Å². The van der Waals surface area contributed by atoms with Gasteiger partial charge in [-0.25, -0.2) is 13.4 Å². The Morgan fingerprint density at radius 2 is 1.81 bits per heavy atom. The lowest BCUT2D eigenvalue weighted by atomic mass is 10.3. The van der Waals surface area contributed by atoms with Crippen LogP contribution in [0.1, 0.15) is 0 Å². The molecule has 1 saturated heterocycles. The predicted octanol–water partition coefficient (Wildman–Crippen LogP) is -0.271. The molecule has 0 saturated carbocycles. The van der Waals surface area contributed by atoms with Crippen LogP contribution < -0.4 is 15.3 Å². The molecule has 0 aromatic heterocycles. The average Bonchev–Trinajstić information content (AvgIpc) is 2.43. The minimum atomic E-state index is -3.37.